The van der Waals surface area contributed by atoms with Crippen molar-refractivity contribution in [1.29, 1.82) is 0 Å². The molecule has 142 valence electrons. The maximum Gasteiger partial charge on any atom is 0.306 e. The SMILES string of the molecule is O=C(CNC(=O)C1CCC(C(=O)O)CC1)Nc1ccc(-n2cccn2)cc1. The summed E-state index contributed by atoms with van der Waals surface area (Å²) in [6.45, 7) is -0.113. The number of carbonyl (C=O) groups is 3. The van der Waals surface area contributed by atoms with E-state index >= 15 is 0 Å². The van der Waals surface area contributed by atoms with Crippen molar-refractivity contribution >= 4 is 23.5 Å². The van der Waals surface area contributed by atoms with Crippen LogP contribution in [0.25, 0.3) is 5.69 Å². The van der Waals surface area contributed by atoms with Gasteiger partial charge in [-0.15, -0.1) is 0 Å². The number of hydrogen-bond acceptors (Lipinski definition) is 4. The van der Waals surface area contributed by atoms with Crippen molar-refractivity contribution in [3.05, 3.63) is 42.7 Å². The van der Waals surface area contributed by atoms with Crippen LogP contribution in [0.2, 0.25) is 0 Å². The van der Waals surface area contributed by atoms with Crippen LogP contribution in [-0.4, -0.2) is 39.2 Å². The molecule has 8 nitrogen and oxygen atoms in total. The molecule has 0 bridgehead atoms. The van der Waals surface area contributed by atoms with E-state index in [-0.39, 0.29) is 30.2 Å². The first-order valence-corrected chi connectivity index (χ1v) is 8.93. The molecular formula is C19H22N4O4. The zero-order valence-corrected chi connectivity index (χ0v) is 14.8. The van der Waals surface area contributed by atoms with E-state index in [1.54, 1.807) is 23.0 Å². The highest BCUT2D eigenvalue weighted by molar-refractivity contribution is 5.94. The predicted octanol–water partition coefficient (Wildman–Crippen LogP) is 1.82. The van der Waals surface area contributed by atoms with Gasteiger partial charge in [-0.2, -0.15) is 5.10 Å². The molecule has 1 aromatic heterocycles. The van der Waals surface area contributed by atoms with Crippen molar-refractivity contribution in [3.8, 4) is 5.69 Å². The number of amides is 2. The van der Waals surface area contributed by atoms with Gasteiger partial charge in [0.2, 0.25) is 11.8 Å². The van der Waals surface area contributed by atoms with E-state index in [1.807, 2.05) is 24.4 Å². The minimum Gasteiger partial charge on any atom is -0.481 e. The summed E-state index contributed by atoms with van der Waals surface area (Å²) in [5.74, 6) is -1.88. The maximum atomic E-state index is 12.2. The largest absolute Gasteiger partial charge is 0.481 e. The minimum absolute atomic E-state index is 0.113. The van der Waals surface area contributed by atoms with Gasteiger partial charge in [-0.3, -0.25) is 14.4 Å². The summed E-state index contributed by atoms with van der Waals surface area (Å²) >= 11 is 0. The molecule has 1 aliphatic carbocycles. The number of hydrogen-bond donors (Lipinski definition) is 3. The molecule has 0 spiro atoms. The molecular weight excluding hydrogens is 348 g/mol. The standard InChI is InChI=1S/C19H22N4O4/c24-17(12-20-18(25)13-2-4-14(5-3-13)19(26)27)22-15-6-8-16(9-7-15)23-11-1-10-21-23/h1,6-11,13-14H,2-5,12H2,(H,20,25)(H,22,24)(H,26,27). The van der Waals surface area contributed by atoms with E-state index in [2.05, 4.69) is 15.7 Å². The first-order valence-electron chi connectivity index (χ1n) is 8.93. The molecule has 27 heavy (non-hydrogen) atoms. The maximum absolute atomic E-state index is 12.2. The fourth-order valence-electron chi connectivity index (χ4n) is 3.24. The molecule has 8 heteroatoms. The Morgan fingerprint density at radius 2 is 1.74 bits per heavy atom. The Kier molecular flexibility index (Phi) is 5.85. The van der Waals surface area contributed by atoms with E-state index in [1.165, 1.54) is 0 Å². The lowest BCUT2D eigenvalue weighted by Gasteiger charge is -2.25. The molecule has 3 N–H and O–H groups in total. The van der Waals surface area contributed by atoms with E-state index in [9.17, 15) is 14.4 Å². The second-order valence-corrected chi connectivity index (χ2v) is 6.65. The Morgan fingerprint density at radius 1 is 1.07 bits per heavy atom. The average Bonchev–Trinajstić information content (AvgIpc) is 3.21. The van der Waals surface area contributed by atoms with Crippen molar-refractivity contribution in [2.24, 2.45) is 11.8 Å². The lowest BCUT2D eigenvalue weighted by Crippen LogP contribution is -2.38. The first kappa shape index (κ1) is 18.6. The van der Waals surface area contributed by atoms with Crippen LogP contribution < -0.4 is 10.6 Å². The quantitative estimate of drug-likeness (QED) is 0.718. The van der Waals surface area contributed by atoms with Crippen LogP contribution in [0.15, 0.2) is 42.7 Å². The summed E-state index contributed by atoms with van der Waals surface area (Å²) in [4.78, 5) is 35.1. The molecule has 1 fully saturated rings. The molecule has 0 radical (unpaired) electrons. The Hall–Kier alpha value is -3.16. The lowest BCUT2D eigenvalue weighted by atomic mass is 9.81. The van der Waals surface area contributed by atoms with E-state index in [0.717, 1.165) is 5.69 Å². The molecule has 3 rings (SSSR count). The monoisotopic (exact) mass is 370 g/mol. The van der Waals surface area contributed by atoms with Gasteiger partial charge in [-0.1, -0.05) is 0 Å². The number of carboxylic acid groups (broad SMARTS) is 1. The summed E-state index contributed by atoms with van der Waals surface area (Å²) in [5, 5.41) is 18.5. The van der Waals surface area contributed by atoms with Crippen LogP contribution in [-0.2, 0) is 14.4 Å². The highest BCUT2D eigenvalue weighted by Crippen LogP contribution is 2.28. The van der Waals surface area contributed by atoms with Gasteiger partial charge in [0, 0.05) is 24.0 Å². The number of carboxylic acids is 1. The Labute approximate surface area is 156 Å². The molecule has 0 aliphatic heterocycles. The van der Waals surface area contributed by atoms with E-state index < -0.39 is 5.97 Å². The number of benzene rings is 1. The third-order valence-electron chi connectivity index (χ3n) is 4.79. The Morgan fingerprint density at radius 3 is 2.33 bits per heavy atom. The minimum atomic E-state index is -0.799. The van der Waals surface area contributed by atoms with E-state index in [0.29, 0.717) is 31.4 Å². The Balaban J connectivity index is 1.43. The highest BCUT2D eigenvalue weighted by atomic mass is 16.4. The van der Waals surface area contributed by atoms with Crippen LogP contribution in [0.3, 0.4) is 0 Å². The van der Waals surface area contributed by atoms with Gasteiger partial charge in [-0.05, 0) is 56.0 Å². The molecule has 1 saturated carbocycles. The zero-order chi connectivity index (χ0) is 19.2. The molecule has 0 unspecified atom stereocenters. The smallest absolute Gasteiger partial charge is 0.306 e. The topological polar surface area (TPSA) is 113 Å². The third kappa shape index (κ3) is 4.93. The molecule has 2 amide bonds. The number of aliphatic carboxylic acids is 1. The van der Waals surface area contributed by atoms with Crippen LogP contribution in [0.4, 0.5) is 5.69 Å². The van der Waals surface area contributed by atoms with Crippen LogP contribution in [0, 0.1) is 11.8 Å². The highest BCUT2D eigenvalue weighted by Gasteiger charge is 2.29. The number of anilines is 1. The van der Waals surface area contributed by atoms with Crippen molar-refractivity contribution in [3.63, 3.8) is 0 Å². The summed E-state index contributed by atoms with van der Waals surface area (Å²) in [6.07, 6.45) is 5.60. The summed E-state index contributed by atoms with van der Waals surface area (Å²) < 4.78 is 1.71. The van der Waals surface area contributed by atoms with Gasteiger partial charge in [0.1, 0.15) is 0 Å². The number of aromatic nitrogens is 2. The number of carbonyl (C=O) groups excluding carboxylic acids is 2. The van der Waals surface area contributed by atoms with Gasteiger partial charge < -0.3 is 15.7 Å². The van der Waals surface area contributed by atoms with Gasteiger partial charge in [0.15, 0.2) is 0 Å². The normalized spacial score (nSPS) is 19.3. The summed E-state index contributed by atoms with van der Waals surface area (Å²) in [7, 11) is 0. The van der Waals surface area contributed by atoms with Crippen molar-refractivity contribution in [1.82, 2.24) is 15.1 Å². The molecule has 0 saturated heterocycles. The van der Waals surface area contributed by atoms with E-state index in [4.69, 9.17) is 5.11 Å². The number of nitrogens with one attached hydrogen (secondary N) is 2. The second kappa shape index (κ2) is 8.48. The fraction of sp³-hybridized carbons (Fsp3) is 0.368. The van der Waals surface area contributed by atoms with Gasteiger partial charge in [-0.25, -0.2) is 4.68 Å². The van der Waals surface area contributed by atoms with Crippen molar-refractivity contribution in [2.75, 3.05) is 11.9 Å². The number of nitrogens with zero attached hydrogens (tertiary/aromatic N) is 2. The summed E-state index contributed by atoms with van der Waals surface area (Å²) in [6, 6.07) is 9.03. The van der Waals surface area contributed by atoms with Crippen LogP contribution >= 0.6 is 0 Å². The zero-order valence-electron chi connectivity index (χ0n) is 14.8. The predicted molar refractivity (Wildman–Crippen MR) is 98.3 cm³/mol. The molecule has 0 atom stereocenters. The van der Waals surface area contributed by atoms with Crippen molar-refractivity contribution < 1.29 is 19.5 Å². The second-order valence-electron chi connectivity index (χ2n) is 6.65. The van der Waals surface area contributed by atoms with Crippen LogP contribution in [0.5, 0.6) is 0 Å². The first-order chi connectivity index (χ1) is 13.0. The lowest BCUT2D eigenvalue weighted by molar-refractivity contribution is -0.144. The van der Waals surface area contributed by atoms with Gasteiger partial charge >= 0.3 is 5.97 Å². The van der Waals surface area contributed by atoms with Gasteiger partial charge in [0.25, 0.3) is 0 Å². The van der Waals surface area contributed by atoms with Gasteiger partial charge in [0.05, 0.1) is 18.2 Å². The fourth-order valence-corrected chi connectivity index (χ4v) is 3.24. The Bertz CT molecular complexity index is 794. The average molecular weight is 370 g/mol. The molecule has 2 aromatic rings. The van der Waals surface area contributed by atoms with Crippen molar-refractivity contribution in [2.45, 2.75) is 25.7 Å². The van der Waals surface area contributed by atoms with Crippen LogP contribution in [0.1, 0.15) is 25.7 Å². The number of rotatable bonds is 6. The molecule has 1 aliphatic rings. The third-order valence-corrected chi connectivity index (χ3v) is 4.79. The molecule has 1 aromatic carbocycles. The summed E-state index contributed by atoms with van der Waals surface area (Å²) in [5.41, 5.74) is 1.51. The molecule has 1 heterocycles.